The van der Waals surface area contributed by atoms with Gasteiger partial charge in [-0.1, -0.05) is 44.2 Å². The van der Waals surface area contributed by atoms with Gasteiger partial charge in [0.2, 0.25) is 11.9 Å². The molecule has 0 unspecified atom stereocenters. The summed E-state index contributed by atoms with van der Waals surface area (Å²) in [6, 6.07) is 14.7. The number of aromatic nitrogens is 2. The van der Waals surface area contributed by atoms with E-state index in [0.717, 1.165) is 23.0 Å². The van der Waals surface area contributed by atoms with Crippen LogP contribution >= 0.6 is 0 Å². The Hall–Kier alpha value is -3.35. The van der Waals surface area contributed by atoms with Crippen LogP contribution in [0, 0.1) is 11.8 Å². The second-order valence-electron chi connectivity index (χ2n) is 8.59. The number of fused-ring (bicyclic) bond motifs is 3. The fourth-order valence-electron chi connectivity index (χ4n) is 4.44. The van der Waals surface area contributed by atoms with Crippen LogP contribution in [-0.4, -0.2) is 41.2 Å². The molecule has 0 saturated heterocycles. The van der Waals surface area contributed by atoms with E-state index in [1.807, 2.05) is 60.0 Å². The third-order valence-corrected chi connectivity index (χ3v) is 5.95. The average Bonchev–Trinajstić information content (AvgIpc) is 3.17. The summed E-state index contributed by atoms with van der Waals surface area (Å²) >= 11 is 0. The van der Waals surface area contributed by atoms with Crippen molar-refractivity contribution in [2.75, 3.05) is 24.7 Å². The second-order valence-corrected chi connectivity index (χ2v) is 8.59. The van der Waals surface area contributed by atoms with Crippen LogP contribution in [0.4, 0.5) is 5.95 Å². The number of esters is 1. The number of rotatable bonds is 8. The van der Waals surface area contributed by atoms with E-state index in [4.69, 9.17) is 14.5 Å². The first-order valence-corrected chi connectivity index (χ1v) is 11.6. The smallest absolute Gasteiger partial charge is 0.321 e. The molecule has 33 heavy (non-hydrogen) atoms. The molecule has 1 aliphatic rings. The van der Waals surface area contributed by atoms with Crippen LogP contribution in [0.5, 0.6) is 5.75 Å². The third-order valence-electron chi connectivity index (χ3n) is 5.95. The molecule has 2 aromatic carbocycles. The van der Waals surface area contributed by atoms with Gasteiger partial charge in [0.05, 0.1) is 30.3 Å². The van der Waals surface area contributed by atoms with Crippen LogP contribution in [0.3, 0.4) is 0 Å². The number of carbonyl (C=O) groups is 2. The van der Waals surface area contributed by atoms with Gasteiger partial charge >= 0.3 is 5.97 Å². The summed E-state index contributed by atoms with van der Waals surface area (Å²) in [7, 11) is 0. The van der Waals surface area contributed by atoms with E-state index >= 15 is 0 Å². The SMILES string of the molecule is CCOC(=O)[C@@H]1C(=O)N(CCC(C)C)c2nc3ccccc3n2[C@H]1c1ccccc1OCC. The Bertz CT molecular complexity index is 1150. The molecule has 1 aliphatic heterocycles. The number of ether oxygens (including phenoxy) is 2. The van der Waals surface area contributed by atoms with Gasteiger partial charge in [-0.3, -0.25) is 14.5 Å². The van der Waals surface area contributed by atoms with Crippen molar-refractivity contribution in [3.63, 3.8) is 0 Å². The molecular weight excluding hydrogens is 418 g/mol. The van der Waals surface area contributed by atoms with Crippen LogP contribution in [-0.2, 0) is 14.3 Å². The molecule has 0 spiro atoms. The molecular formula is C26H31N3O4. The lowest BCUT2D eigenvalue weighted by Gasteiger charge is -2.38. The summed E-state index contributed by atoms with van der Waals surface area (Å²) in [5.74, 6) is -0.257. The molecule has 2 atom stereocenters. The minimum Gasteiger partial charge on any atom is -0.494 e. The van der Waals surface area contributed by atoms with E-state index in [0.29, 0.717) is 30.8 Å². The number of para-hydroxylation sites is 3. The van der Waals surface area contributed by atoms with Crippen LogP contribution in [0.15, 0.2) is 48.5 Å². The lowest BCUT2D eigenvalue weighted by molar-refractivity contribution is -0.153. The predicted molar refractivity (Wildman–Crippen MR) is 127 cm³/mol. The maximum Gasteiger partial charge on any atom is 0.321 e. The van der Waals surface area contributed by atoms with Crippen LogP contribution < -0.4 is 9.64 Å². The quantitative estimate of drug-likeness (QED) is 0.371. The highest BCUT2D eigenvalue weighted by atomic mass is 16.5. The molecule has 0 fully saturated rings. The minimum atomic E-state index is -1.04. The van der Waals surface area contributed by atoms with Gasteiger partial charge in [-0.05, 0) is 44.4 Å². The van der Waals surface area contributed by atoms with Crippen LogP contribution in [0.1, 0.15) is 45.7 Å². The van der Waals surface area contributed by atoms with E-state index in [1.54, 1.807) is 11.8 Å². The predicted octanol–water partition coefficient (Wildman–Crippen LogP) is 4.60. The Labute approximate surface area is 194 Å². The molecule has 2 heterocycles. The topological polar surface area (TPSA) is 73.7 Å². The van der Waals surface area contributed by atoms with E-state index in [1.165, 1.54) is 0 Å². The number of nitrogens with zero attached hydrogens (tertiary/aromatic N) is 3. The van der Waals surface area contributed by atoms with Gasteiger partial charge in [0.15, 0.2) is 5.92 Å². The molecule has 0 saturated carbocycles. The number of imidazole rings is 1. The van der Waals surface area contributed by atoms with Gasteiger partial charge in [-0.25, -0.2) is 4.98 Å². The summed E-state index contributed by atoms with van der Waals surface area (Å²) < 4.78 is 13.3. The first-order valence-electron chi connectivity index (χ1n) is 11.6. The molecule has 4 rings (SSSR count). The molecule has 0 bridgehead atoms. The number of hydrogen-bond acceptors (Lipinski definition) is 5. The number of hydrogen-bond donors (Lipinski definition) is 0. The molecule has 7 heteroatoms. The zero-order valence-corrected chi connectivity index (χ0v) is 19.7. The minimum absolute atomic E-state index is 0.200. The monoisotopic (exact) mass is 449 g/mol. The van der Waals surface area contributed by atoms with Crippen molar-refractivity contribution < 1.29 is 19.1 Å². The van der Waals surface area contributed by atoms with E-state index in [9.17, 15) is 9.59 Å². The Kier molecular flexibility index (Phi) is 6.67. The highest BCUT2D eigenvalue weighted by Crippen LogP contribution is 2.44. The molecule has 0 radical (unpaired) electrons. The first-order chi connectivity index (χ1) is 16.0. The maximum absolute atomic E-state index is 13.9. The zero-order valence-electron chi connectivity index (χ0n) is 19.7. The molecule has 7 nitrogen and oxygen atoms in total. The summed E-state index contributed by atoms with van der Waals surface area (Å²) in [4.78, 5) is 33.6. The van der Waals surface area contributed by atoms with Crippen molar-refractivity contribution in [3.8, 4) is 5.75 Å². The highest BCUT2D eigenvalue weighted by molar-refractivity contribution is 6.08. The van der Waals surface area contributed by atoms with Gasteiger partial charge < -0.3 is 14.0 Å². The largest absolute Gasteiger partial charge is 0.494 e. The standard InChI is InChI=1S/C26H31N3O4/c1-5-32-21-14-10-7-11-18(21)23-22(25(31)33-6-2)24(30)28(16-15-17(3)4)26-27-19-12-8-9-13-20(19)29(23)26/h7-14,17,22-23H,5-6,15-16H2,1-4H3/t22-,23-/m0/s1. The Morgan fingerprint density at radius 1 is 1.06 bits per heavy atom. The molecule has 1 amide bonds. The Morgan fingerprint density at radius 2 is 1.79 bits per heavy atom. The van der Waals surface area contributed by atoms with E-state index in [-0.39, 0.29) is 12.5 Å². The van der Waals surface area contributed by atoms with Crippen molar-refractivity contribution >= 4 is 28.9 Å². The average molecular weight is 450 g/mol. The molecule has 0 N–H and O–H groups in total. The van der Waals surface area contributed by atoms with E-state index < -0.39 is 17.9 Å². The number of amides is 1. The highest BCUT2D eigenvalue weighted by Gasteiger charge is 2.48. The van der Waals surface area contributed by atoms with Gasteiger partial charge in [-0.15, -0.1) is 0 Å². The van der Waals surface area contributed by atoms with Crippen molar-refractivity contribution in [1.82, 2.24) is 9.55 Å². The molecule has 3 aromatic rings. The molecule has 1 aromatic heterocycles. The Balaban J connectivity index is 1.98. The van der Waals surface area contributed by atoms with Gasteiger partial charge in [-0.2, -0.15) is 0 Å². The van der Waals surface area contributed by atoms with Gasteiger partial charge in [0, 0.05) is 12.1 Å². The number of carbonyl (C=O) groups excluding carboxylic acids is 2. The molecule has 0 aliphatic carbocycles. The van der Waals surface area contributed by atoms with Crippen LogP contribution in [0.25, 0.3) is 11.0 Å². The van der Waals surface area contributed by atoms with Crippen molar-refractivity contribution in [2.45, 2.75) is 40.2 Å². The lowest BCUT2D eigenvalue weighted by atomic mass is 9.88. The fourth-order valence-corrected chi connectivity index (χ4v) is 4.44. The maximum atomic E-state index is 13.9. The summed E-state index contributed by atoms with van der Waals surface area (Å²) in [6.45, 7) is 9.05. The van der Waals surface area contributed by atoms with Crippen LogP contribution in [0.2, 0.25) is 0 Å². The first kappa shape index (κ1) is 22.8. The van der Waals surface area contributed by atoms with Crippen molar-refractivity contribution in [2.24, 2.45) is 11.8 Å². The normalized spacial score (nSPS) is 18.0. The second kappa shape index (κ2) is 9.65. The summed E-state index contributed by atoms with van der Waals surface area (Å²) in [5.41, 5.74) is 2.40. The summed E-state index contributed by atoms with van der Waals surface area (Å²) in [5, 5.41) is 0. The Morgan fingerprint density at radius 3 is 2.52 bits per heavy atom. The van der Waals surface area contributed by atoms with Crippen molar-refractivity contribution in [1.29, 1.82) is 0 Å². The number of anilines is 1. The third kappa shape index (κ3) is 4.19. The van der Waals surface area contributed by atoms with Gasteiger partial charge in [0.25, 0.3) is 0 Å². The van der Waals surface area contributed by atoms with E-state index in [2.05, 4.69) is 13.8 Å². The number of benzene rings is 2. The molecule has 174 valence electrons. The fraction of sp³-hybridized carbons (Fsp3) is 0.423. The zero-order chi connectivity index (χ0) is 23.5. The van der Waals surface area contributed by atoms with Gasteiger partial charge in [0.1, 0.15) is 5.75 Å². The summed E-state index contributed by atoms with van der Waals surface area (Å²) in [6.07, 6.45) is 0.796. The van der Waals surface area contributed by atoms with Crippen molar-refractivity contribution in [3.05, 3.63) is 54.1 Å². The lowest BCUT2D eigenvalue weighted by Crippen LogP contribution is -2.50.